The number of carbonyl (C=O) groups excluding carboxylic acids is 9. The zero-order valence-corrected chi connectivity index (χ0v) is 45.2. The molecular weight excluding hydrogens is 1070 g/mol. The minimum atomic E-state index is -1.96. The van der Waals surface area contributed by atoms with Crippen molar-refractivity contribution in [1.82, 2.24) is 42.5 Å². The molecule has 0 saturated heterocycles. The molecular formula is C49H78N14O18. The second kappa shape index (κ2) is 36.6. The van der Waals surface area contributed by atoms with Gasteiger partial charge in [-0.25, -0.2) is 4.79 Å². The molecule has 1 aromatic rings. The van der Waals surface area contributed by atoms with Crippen LogP contribution in [0.3, 0.4) is 0 Å². The van der Waals surface area contributed by atoms with Crippen molar-refractivity contribution in [2.45, 2.75) is 165 Å². The first-order chi connectivity index (χ1) is 38.0. The lowest BCUT2D eigenvalue weighted by molar-refractivity contribution is -0.145. The number of aliphatic carboxylic acids is 4. The number of nitrogens with zero attached hydrogens (tertiary/aromatic N) is 1. The van der Waals surface area contributed by atoms with Crippen LogP contribution in [0, 0.1) is 5.92 Å². The average molecular weight is 1150 g/mol. The van der Waals surface area contributed by atoms with E-state index < -0.39 is 182 Å². The van der Waals surface area contributed by atoms with Crippen LogP contribution in [0.15, 0.2) is 35.3 Å². The van der Waals surface area contributed by atoms with Gasteiger partial charge >= 0.3 is 23.9 Å². The second-order valence-corrected chi connectivity index (χ2v) is 19.0. The smallest absolute Gasteiger partial charge is 0.328 e. The highest BCUT2D eigenvalue weighted by molar-refractivity contribution is 6.00. The van der Waals surface area contributed by atoms with Crippen molar-refractivity contribution in [2.75, 3.05) is 13.1 Å². The van der Waals surface area contributed by atoms with Gasteiger partial charge in [-0.05, 0) is 76.3 Å². The Morgan fingerprint density at radius 3 is 1.37 bits per heavy atom. The first-order valence-corrected chi connectivity index (χ1v) is 25.8. The lowest BCUT2D eigenvalue weighted by atomic mass is 9.96. The fourth-order valence-corrected chi connectivity index (χ4v) is 7.59. The van der Waals surface area contributed by atoms with Crippen LogP contribution in [-0.4, -0.2) is 182 Å². The van der Waals surface area contributed by atoms with E-state index in [-0.39, 0.29) is 64.0 Å². The molecule has 0 heterocycles. The summed E-state index contributed by atoms with van der Waals surface area (Å²) < 4.78 is 0. The van der Waals surface area contributed by atoms with Gasteiger partial charge < -0.3 is 96.7 Å². The average Bonchev–Trinajstić information content (AvgIpc) is 3.38. The molecule has 0 aliphatic carbocycles. The van der Waals surface area contributed by atoms with E-state index in [1.54, 1.807) is 37.3 Å². The lowest BCUT2D eigenvalue weighted by Crippen LogP contribution is -2.61. The standard InChI is InChI=1S/C49H78N14O18/c1-4-24(2)38(47(79)61-33(23-37(70)71)46(78)58-29(14-10-20-55-49(53)54)44(76)63-39(25(3)64)48(80)81)62-43(75)28(13-8-9-19-50)57-45(77)32(22-34(52)65)60-42(74)31(16-18-36(68)69)59-41(73)30(15-17-35(66)67)56-40(72)27(51)21-26-11-6-5-7-12-26/h5-7,11-12,24-25,27-33,38-39,64H,4,8-10,13-23,50-51H2,1-3H3,(H2,52,65)(H,56,72)(H,57,77)(H,58,78)(H,59,73)(H,60,74)(H,61,79)(H,62,75)(H,63,76)(H,66,67)(H,68,69)(H,70,71)(H,80,81)(H4,53,54,55)/t24-,25+,27-,28-,29-,30-,31-,32-,33-,38-,39-/m0/s1. The summed E-state index contributed by atoms with van der Waals surface area (Å²) in [4.78, 5) is 173. The van der Waals surface area contributed by atoms with E-state index in [0.29, 0.717) is 5.56 Å². The van der Waals surface area contributed by atoms with E-state index in [1.807, 2.05) is 0 Å². The van der Waals surface area contributed by atoms with Gasteiger partial charge in [-0.15, -0.1) is 0 Å². The number of hydrogen-bond donors (Lipinski definition) is 18. The molecule has 0 bridgehead atoms. The molecule has 1 rings (SSSR count). The quantitative estimate of drug-likeness (QED) is 0.0165. The molecule has 0 fully saturated rings. The van der Waals surface area contributed by atoms with E-state index in [9.17, 15) is 87.9 Å². The maximum atomic E-state index is 14.2. The molecule has 32 nitrogen and oxygen atoms in total. The number of benzene rings is 1. The molecule has 0 spiro atoms. The highest BCUT2D eigenvalue weighted by Gasteiger charge is 2.37. The number of nitrogens with two attached hydrogens (primary N) is 5. The Kier molecular flexibility index (Phi) is 31.9. The number of aliphatic hydroxyl groups excluding tert-OH is 1. The van der Waals surface area contributed by atoms with Crippen LogP contribution in [0.5, 0.6) is 0 Å². The number of carboxylic acids is 4. The number of carbonyl (C=O) groups is 13. The number of nitrogens with one attached hydrogen (secondary N) is 8. The molecule has 9 amide bonds. The van der Waals surface area contributed by atoms with Gasteiger partial charge in [-0.3, -0.25) is 62.5 Å². The minimum absolute atomic E-state index is 0.00238. The monoisotopic (exact) mass is 1150 g/mol. The van der Waals surface area contributed by atoms with Crippen molar-refractivity contribution in [3.8, 4) is 0 Å². The third kappa shape index (κ3) is 27.8. The molecule has 23 N–H and O–H groups in total. The number of rotatable bonds is 40. The summed E-state index contributed by atoms with van der Waals surface area (Å²) in [6.45, 7) is 4.21. The van der Waals surface area contributed by atoms with Crippen LogP contribution < -0.4 is 71.2 Å². The topological polar surface area (TPSA) is 562 Å². The molecule has 452 valence electrons. The predicted molar refractivity (Wildman–Crippen MR) is 285 cm³/mol. The normalized spacial score (nSPS) is 15.0. The Balaban J connectivity index is 3.56. The van der Waals surface area contributed by atoms with Crippen LogP contribution in [0.1, 0.15) is 103 Å². The second-order valence-electron chi connectivity index (χ2n) is 19.0. The highest BCUT2D eigenvalue weighted by Crippen LogP contribution is 2.13. The Labute approximate surface area is 465 Å². The van der Waals surface area contributed by atoms with E-state index >= 15 is 0 Å². The van der Waals surface area contributed by atoms with E-state index in [0.717, 1.165) is 6.92 Å². The summed E-state index contributed by atoms with van der Waals surface area (Å²) >= 11 is 0. The summed E-state index contributed by atoms with van der Waals surface area (Å²) in [6.07, 6.45) is -6.15. The summed E-state index contributed by atoms with van der Waals surface area (Å²) in [5.74, 6) is -17.5. The maximum absolute atomic E-state index is 14.2. The number of hydrogen-bond acceptors (Lipinski definition) is 17. The summed E-state index contributed by atoms with van der Waals surface area (Å²) in [6, 6.07) is -6.76. The van der Waals surface area contributed by atoms with E-state index in [1.165, 1.54) is 6.92 Å². The summed E-state index contributed by atoms with van der Waals surface area (Å²) in [5.41, 5.74) is 28.6. The molecule has 0 aromatic heterocycles. The molecule has 0 unspecified atom stereocenters. The molecule has 0 saturated carbocycles. The molecule has 1 aromatic carbocycles. The van der Waals surface area contributed by atoms with Gasteiger partial charge in [0.1, 0.15) is 42.3 Å². The number of guanidine groups is 1. The van der Waals surface area contributed by atoms with Crippen molar-refractivity contribution in [1.29, 1.82) is 0 Å². The van der Waals surface area contributed by atoms with Crippen molar-refractivity contribution in [2.24, 2.45) is 39.6 Å². The summed E-state index contributed by atoms with van der Waals surface area (Å²) in [7, 11) is 0. The number of unbranched alkanes of at least 4 members (excludes halogenated alkanes) is 1. The predicted octanol–water partition coefficient (Wildman–Crippen LogP) is -5.79. The number of primary amides is 1. The SMILES string of the molecule is CC[C@H](C)[C@H](NC(=O)[C@H](CCCCN)NC(=O)[C@H](CC(N)=O)NC(=O)[C@H](CCC(=O)O)NC(=O)[C@H](CCC(=O)O)NC(=O)[C@@H](N)Cc1ccccc1)C(=O)N[C@@H](CC(=O)O)C(=O)N[C@@H](CCCN=C(N)N)C(=O)N[C@H](C(=O)O)[C@@H](C)O. The van der Waals surface area contributed by atoms with Gasteiger partial charge in [0.25, 0.3) is 0 Å². The van der Waals surface area contributed by atoms with Gasteiger partial charge in [-0.2, -0.15) is 0 Å². The zero-order chi connectivity index (χ0) is 61.5. The lowest BCUT2D eigenvalue weighted by Gasteiger charge is -2.29. The number of aliphatic imine (C=N–C) groups is 1. The van der Waals surface area contributed by atoms with Gasteiger partial charge in [0.05, 0.1) is 25.0 Å². The molecule has 81 heavy (non-hydrogen) atoms. The first kappa shape index (κ1) is 70.5. The Morgan fingerprint density at radius 1 is 0.519 bits per heavy atom. The molecule has 0 aliphatic rings. The minimum Gasteiger partial charge on any atom is -0.481 e. The van der Waals surface area contributed by atoms with Gasteiger partial charge in [0.15, 0.2) is 12.0 Å². The Bertz CT molecular complexity index is 2370. The van der Waals surface area contributed by atoms with Crippen LogP contribution in [-0.2, 0) is 68.7 Å². The van der Waals surface area contributed by atoms with Gasteiger partial charge in [-0.1, -0.05) is 50.6 Å². The molecule has 0 radical (unpaired) electrons. The third-order valence-electron chi connectivity index (χ3n) is 12.2. The van der Waals surface area contributed by atoms with Crippen LogP contribution in [0.2, 0.25) is 0 Å². The van der Waals surface area contributed by atoms with Gasteiger partial charge in [0.2, 0.25) is 53.2 Å². The van der Waals surface area contributed by atoms with Crippen molar-refractivity contribution in [3.63, 3.8) is 0 Å². The van der Waals surface area contributed by atoms with E-state index in [4.69, 9.17) is 28.7 Å². The van der Waals surface area contributed by atoms with Crippen LogP contribution in [0.25, 0.3) is 0 Å². The first-order valence-electron chi connectivity index (χ1n) is 25.8. The van der Waals surface area contributed by atoms with Gasteiger partial charge in [0, 0.05) is 19.4 Å². The Hall–Kier alpha value is -8.52. The fourth-order valence-electron chi connectivity index (χ4n) is 7.59. The van der Waals surface area contributed by atoms with Crippen molar-refractivity contribution >= 4 is 83.0 Å². The van der Waals surface area contributed by atoms with E-state index in [2.05, 4.69) is 47.5 Å². The van der Waals surface area contributed by atoms with Crippen molar-refractivity contribution < 1.29 is 87.9 Å². The maximum Gasteiger partial charge on any atom is 0.328 e. The highest BCUT2D eigenvalue weighted by atomic mass is 16.4. The number of amides is 9. The molecule has 0 aliphatic heterocycles. The number of carboxylic acid groups (broad SMARTS) is 4. The molecule has 32 heteroatoms. The molecule has 11 atom stereocenters. The zero-order valence-electron chi connectivity index (χ0n) is 45.2. The third-order valence-corrected chi connectivity index (χ3v) is 12.2. The van der Waals surface area contributed by atoms with Crippen molar-refractivity contribution in [3.05, 3.63) is 35.9 Å². The largest absolute Gasteiger partial charge is 0.481 e. The van der Waals surface area contributed by atoms with Crippen LogP contribution in [0.4, 0.5) is 0 Å². The summed E-state index contributed by atoms with van der Waals surface area (Å²) in [5, 5.41) is 66.4. The van der Waals surface area contributed by atoms with Crippen LogP contribution >= 0.6 is 0 Å². The number of aliphatic hydroxyl groups is 1. The fraction of sp³-hybridized carbons (Fsp3) is 0.592. The Morgan fingerprint density at radius 2 is 0.938 bits per heavy atom.